The summed E-state index contributed by atoms with van der Waals surface area (Å²) in [6.45, 7) is 4.13. The topological polar surface area (TPSA) is 554 Å². The average Bonchev–Trinajstić information content (AvgIpc) is 1.58. The van der Waals surface area contributed by atoms with E-state index in [1.54, 1.807) is 131 Å². The van der Waals surface area contributed by atoms with E-state index in [0.717, 1.165) is 60.8 Å². The third kappa shape index (κ3) is 37.1. The van der Waals surface area contributed by atoms with Crippen LogP contribution in [0.1, 0.15) is 178 Å². The van der Waals surface area contributed by atoms with Crippen LogP contribution >= 0.6 is 31.9 Å². The fraction of sp³-hybridized carbons (Fsp3) is 0.283. The number of carbonyl (C=O) groups excluding carboxylic acids is 4. The SMILES string of the molecule is CC(C)(O)C(C)(C)O.FCF.O=C(O)c1cccc(Br)n1.[2H]C([2H])([2H])C(C)(C#N)NC(=O)c1cccc(-c2cnc3[nH]c(-c4cnn(C(F)F)c4)cc3c2)n1.[2H]C([2H])([2H])C(C)(C#N)NC(=O)c1cccc(-c2cnc3c(c2)cc(-c2cnn(C(F)F)c2)n3S(=O)(=O)c2ccccc2)n1.[2H]C([2H])([2H])C(C)(C#N)NC(=O)c1cccc(Br)n1.[2H]C([2H])([2H])C(C)(N)C#N.[2H]C([2H])([2H])C(C)=O.[B]c1cnc2[nH]c(/C(C=N)=C/N)cc2c1.[C-]#[N+][Si](C)(C)C. The van der Waals surface area contributed by atoms with Crippen molar-refractivity contribution in [1.82, 2.24) is 84.3 Å². The van der Waals surface area contributed by atoms with Crippen LogP contribution in [0.2, 0.25) is 19.6 Å². The monoisotopic (exact) mass is 2070 g/mol. The number of carboxylic acids is 1. The molecule has 4 unspecified atom stereocenters. The number of aromatic nitrogens is 14. The van der Waals surface area contributed by atoms with Gasteiger partial charge < -0.3 is 67.4 Å². The quantitative estimate of drug-likeness (QED) is 0.0125. The maximum absolute atomic E-state index is 13.8. The van der Waals surface area contributed by atoms with Gasteiger partial charge in [0, 0.05) is 128 Å². The molecule has 3 amide bonds. The van der Waals surface area contributed by atoms with E-state index < -0.39 is 135 Å². The van der Waals surface area contributed by atoms with Crippen molar-refractivity contribution in [2.24, 2.45) is 11.5 Å². The van der Waals surface area contributed by atoms with Crippen molar-refractivity contribution >= 4 is 138 Å². The number of hydrogen-bond acceptors (Lipinski definition) is 25. The summed E-state index contributed by atoms with van der Waals surface area (Å²) in [7, 11) is 0.0234. The van der Waals surface area contributed by atoms with Gasteiger partial charge in [-0.15, -0.1) is 0 Å². The zero-order valence-corrected chi connectivity index (χ0v) is 80.3. The molecule has 1 aromatic carbocycles. The Morgan fingerprint density at radius 3 is 1.42 bits per heavy atom. The number of amides is 3. The smallest absolute Gasteiger partial charge is 0.433 e. The molecule has 0 spiro atoms. The number of allylic oxidation sites excluding steroid dienone is 1. The molecule has 13 rings (SSSR count). The minimum Gasteiger partial charge on any atom is -0.477 e. The number of Topliss-reactive ketones (excluding diaryl/α,β-unsaturated/α-hetero) is 1. The fourth-order valence-electron chi connectivity index (χ4n) is 9.69. The number of H-pyrrole nitrogens is 2. The Hall–Kier alpha value is -14.8. The molecule has 12 aromatic heterocycles. The fourth-order valence-corrected chi connectivity index (χ4v) is 11.9. The number of carboxylic acid groups (broad SMARTS) is 1. The Morgan fingerprint density at radius 1 is 0.609 bits per heavy atom. The van der Waals surface area contributed by atoms with Crippen molar-refractivity contribution in [3.63, 3.8) is 0 Å². The first-order chi connectivity index (χ1) is 70.4. The average molecular weight is 2080 g/mol. The molecule has 0 aliphatic rings. The highest BCUT2D eigenvalue weighted by molar-refractivity contribution is 9.10. The summed E-state index contributed by atoms with van der Waals surface area (Å²) in [5, 5.41) is 85.3. The molecule has 13 N–H and O–H groups in total. The summed E-state index contributed by atoms with van der Waals surface area (Å²) in [6, 6.07) is 42.4. The normalized spacial score (nSPS) is 14.7. The minimum absolute atomic E-state index is 0.00348. The van der Waals surface area contributed by atoms with Crippen LogP contribution < -0.4 is 32.9 Å². The second-order valence-electron chi connectivity index (χ2n) is 31.0. The van der Waals surface area contributed by atoms with E-state index in [1.807, 2.05) is 31.8 Å². The molecule has 13 aromatic rings. The Bertz CT molecular complexity index is 7430. The van der Waals surface area contributed by atoms with Crippen LogP contribution in [0.5, 0.6) is 0 Å². The van der Waals surface area contributed by atoms with Gasteiger partial charge in [0.15, 0.2) is 5.65 Å². The molecule has 0 aliphatic carbocycles. The second-order valence-corrected chi connectivity index (χ2v) is 39.0. The number of nitrogens with two attached hydrogens (primary N) is 2. The van der Waals surface area contributed by atoms with E-state index in [1.165, 1.54) is 98.7 Å². The number of aromatic carboxylic acids is 1. The summed E-state index contributed by atoms with van der Waals surface area (Å²) in [5.74, 6) is -4.18. The van der Waals surface area contributed by atoms with Gasteiger partial charge in [-0.25, -0.2) is 70.2 Å². The Labute approximate surface area is 832 Å². The highest BCUT2D eigenvalue weighted by Gasteiger charge is 2.33. The molecule has 722 valence electrons. The number of carbonyl (C=O) groups is 5. The Balaban J connectivity index is 0.000000390. The summed E-state index contributed by atoms with van der Waals surface area (Å²) in [6.07, 6.45) is 11.7. The first-order valence-corrected chi connectivity index (χ1v) is 45.8. The maximum atomic E-state index is 13.8. The van der Waals surface area contributed by atoms with Crippen molar-refractivity contribution in [3.8, 4) is 69.3 Å². The van der Waals surface area contributed by atoms with Gasteiger partial charge in [-0.05, 0) is 219 Å². The number of nitrogens with one attached hydrogen (secondary N) is 6. The largest absolute Gasteiger partial charge is 0.477 e. The van der Waals surface area contributed by atoms with Crippen LogP contribution in [0.15, 0.2) is 203 Å². The van der Waals surface area contributed by atoms with Gasteiger partial charge in [0.2, 0.25) is 6.93 Å². The molecule has 0 bridgehead atoms. The van der Waals surface area contributed by atoms with Crippen LogP contribution in [0.4, 0.5) is 26.3 Å². The van der Waals surface area contributed by atoms with E-state index >= 15 is 0 Å². The van der Waals surface area contributed by atoms with E-state index in [-0.39, 0.29) is 50.3 Å². The number of pyridine rings is 7. The highest BCUT2D eigenvalue weighted by Crippen LogP contribution is 2.35. The number of hydrogen-bond donors (Lipinski definition) is 11. The zero-order chi connectivity index (χ0) is 117. The lowest BCUT2D eigenvalue weighted by atomic mass is 9.90. The molecular weight excluding hydrogens is 1960 g/mol. The summed E-state index contributed by atoms with van der Waals surface area (Å²) >= 11 is 6.16. The molecular formula is C92H100BBr2F6N25O10SSi. The first kappa shape index (κ1) is 92.2. The van der Waals surface area contributed by atoms with Crippen molar-refractivity contribution in [3.05, 3.63) is 238 Å². The van der Waals surface area contributed by atoms with Gasteiger partial charge in [-0.3, -0.25) is 21.0 Å². The van der Waals surface area contributed by atoms with Crippen LogP contribution in [0, 0.1) is 57.3 Å². The van der Waals surface area contributed by atoms with Gasteiger partial charge in [0.25, 0.3) is 27.7 Å². The molecule has 0 saturated carbocycles. The number of alkyl halides is 6. The molecule has 0 saturated heterocycles. The lowest BCUT2D eigenvalue weighted by Crippen LogP contribution is -2.44. The van der Waals surface area contributed by atoms with E-state index in [2.05, 4.69) is 107 Å². The molecule has 0 fully saturated rings. The third-order valence-corrected chi connectivity index (χ3v) is 20.2. The molecule has 35 nitrogen and oxygen atoms in total. The lowest BCUT2D eigenvalue weighted by molar-refractivity contribution is -0.115. The molecule has 12 heterocycles. The predicted octanol–water partition coefficient (Wildman–Crippen LogP) is 16.3. The molecule has 138 heavy (non-hydrogen) atoms. The molecule has 2 radical (unpaired) electrons. The molecule has 0 aliphatic heterocycles. The zero-order valence-electron chi connectivity index (χ0n) is 90.3. The lowest BCUT2D eigenvalue weighted by Gasteiger charge is -2.31. The standard InChI is InChI=1S/C27H21F2N7O3S.C21H17F2N7O.C10H9BN4.C10H10BrN3O.C6H4BrNO2.C6H14O2.C4H8N2.C4H9NSi.C3H6O.CH2F2/c1-27(2,16-30)34-25(37)22-10-6-9-21(33-22)18-11-17-12-23(19-14-32-35(15-19)26(28)29)36(24(17)31-13-18)40(38,39)20-7-4-3-5-8-20;1-21(2,11-24)29-19(31)16-5-3-4-15(27-16)13-6-12-7-17(28-18(12)25-8-13)14-9-26-30(10-14)20(22)23;11-8-1-6-2-9(7(3-12)4-13)15-10(6)14-5-8;1-10(2,6-12)14-9(15)7-4-3-5-8(11)13-7;7-5-3-1-2-4(8-5)6(9)10;1-5(2,7)6(3,4)8;1-4(2,6)3-5;1-5-6(2,3)4;1-3(2)4;2-1-3/h3-15,26H,1-2H3,(H,34,37);3-10,20H,1-2H3,(H,25,28)(H,29,31);1-5,12H,13H2,(H,14,15);3-5H,1-2H3,(H,14,15);1-3H,(H,9,10);7-8H,1-4H3;6H2,1-2H3;2-4H3;1-2H3;1H2/b;;7-4+,12-3?;;;;;;;/i2*1D3;;1D3;;;1D3;;1D3;. The number of ketones is 1. The second kappa shape index (κ2) is 51.2. The maximum Gasteiger partial charge on any atom is 0.433 e. The van der Waals surface area contributed by atoms with Crippen LogP contribution in [-0.2, 0) is 14.8 Å². The third-order valence-electron chi connectivity index (χ3n) is 17.0. The van der Waals surface area contributed by atoms with Crippen LogP contribution in [0.25, 0.3) is 88.2 Å². The van der Waals surface area contributed by atoms with Gasteiger partial charge >= 0.3 is 27.3 Å². The first-order valence-electron chi connectivity index (χ1n) is 46.8. The Morgan fingerprint density at radius 2 is 1.03 bits per heavy atom. The van der Waals surface area contributed by atoms with Crippen molar-refractivity contribution in [1.29, 1.82) is 26.5 Å². The number of rotatable bonds is 18. The molecule has 4 atom stereocenters. The van der Waals surface area contributed by atoms with Gasteiger partial charge in [0.1, 0.15) is 73.5 Å². The summed E-state index contributed by atoms with van der Waals surface area (Å²) in [5.41, 5.74) is 6.34. The predicted molar refractivity (Wildman–Crippen MR) is 521 cm³/mol. The van der Waals surface area contributed by atoms with Crippen LogP contribution in [-0.4, -0.2) is 184 Å². The van der Waals surface area contributed by atoms with Gasteiger partial charge in [-0.2, -0.15) is 48.8 Å². The van der Waals surface area contributed by atoms with Crippen molar-refractivity contribution < 1.29 is 94.6 Å². The van der Waals surface area contributed by atoms with E-state index in [0.29, 0.717) is 74.1 Å². The minimum atomic E-state index is -4.25. The number of halogens is 8. The van der Waals surface area contributed by atoms with E-state index in [4.69, 9.17) is 77.7 Å². The van der Waals surface area contributed by atoms with Crippen molar-refractivity contribution in [2.75, 3.05) is 6.93 Å². The summed E-state index contributed by atoms with van der Waals surface area (Å²) in [4.78, 5) is 92.5. The number of nitrogens with zero attached hydrogens (tertiary/aromatic N) is 17. The Kier molecular flexibility index (Phi) is 34.2. The highest BCUT2D eigenvalue weighted by atomic mass is 79.9. The number of fused-ring (bicyclic) bond motifs is 3. The van der Waals surface area contributed by atoms with E-state index in [9.17, 15) is 69.3 Å². The van der Waals surface area contributed by atoms with Crippen molar-refractivity contribution in [2.45, 2.75) is 168 Å². The van der Waals surface area contributed by atoms with Crippen LogP contribution in [0.3, 0.4) is 0 Å². The van der Waals surface area contributed by atoms with Gasteiger partial charge in [0.05, 0.1) is 86.8 Å². The van der Waals surface area contributed by atoms with Gasteiger partial charge in [-0.1, -0.05) is 54.0 Å². The number of nitriles is 4. The number of aromatic amines is 2. The number of benzene rings is 1. The molecule has 46 heteroatoms. The number of aliphatic hydroxyl groups is 2. The summed E-state index contributed by atoms with van der Waals surface area (Å²) < 4.78 is 211.